The van der Waals surface area contributed by atoms with Crippen molar-refractivity contribution in [2.24, 2.45) is 0 Å². The summed E-state index contributed by atoms with van der Waals surface area (Å²) in [6, 6.07) is -0.0483. The Kier molecular flexibility index (Phi) is 4.47. The highest BCUT2D eigenvalue weighted by Crippen LogP contribution is 2.23. The summed E-state index contributed by atoms with van der Waals surface area (Å²) in [5, 5.41) is 6.33. The molecule has 1 atom stereocenters. The van der Waals surface area contributed by atoms with Crippen LogP contribution < -0.4 is 10.6 Å². The highest BCUT2D eigenvalue weighted by atomic mass is 32.2. The summed E-state index contributed by atoms with van der Waals surface area (Å²) in [5.74, 6) is 2.77. The van der Waals surface area contributed by atoms with Crippen LogP contribution in [0.4, 0.5) is 11.6 Å². The quantitative estimate of drug-likeness (QED) is 0.854. The van der Waals surface area contributed by atoms with Crippen molar-refractivity contribution in [2.75, 3.05) is 29.2 Å². The zero-order valence-electron chi connectivity index (χ0n) is 12.2. The SMILES string of the molecule is CCCc1nc(NC)c(C)c(NC2CCS(=O)(=O)C2)n1. The molecule has 20 heavy (non-hydrogen) atoms. The Morgan fingerprint density at radius 2 is 2.00 bits per heavy atom. The third kappa shape index (κ3) is 3.39. The van der Waals surface area contributed by atoms with Gasteiger partial charge >= 0.3 is 0 Å². The number of nitrogens with one attached hydrogen (secondary N) is 2. The number of rotatable bonds is 5. The Labute approximate surface area is 120 Å². The molecule has 0 radical (unpaired) electrons. The maximum atomic E-state index is 11.5. The van der Waals surface area contributed by atoms with Crippen LogP contribution in [-0.2, 0) is 16.3 Å². The monoisotopic (exact) mass is 298 g/mol. The second-order valence-electron chi connectivity index (χ2n) is 5.21. The smallest absolute Gasteiger partial charge is 0.152 e. The molecule has 1 aliphatic heterocycles. The molecule has 7 heteroatoms. The maximum absolute atomic E-state index is 11.5. The highest BCUT2D eigenvalue weighted by Gasteiger charge is 2.28. The van der Waals surface area contributed by atoms with Gasteiger partial charge < -0.3 is 10.6 Å². The minimum atomic E-state index is -2.89. The third-order valence-corrected chi connectivity index (χ3v) is 5.24. The van der Waals surface area contributed by atoms with Gasteiger partial charge in [0.25, 0.3) is 0 Å². The lowest BCUT2D eigenvalue weighted by Crippen LogP contribution is -2.22. The molecule has 2 rings (SSSR count). The van der Waals surface area contributed by atoms with Gasteiger partial charge in [-0.1, -0.05) is 6.92 Å². The molecule has 0 amide bonds. The highest BCUT2D eigenvalue weighted by molar-refractivity contribution is 7.91. The fourth-order valence-electron chi connectivity index (χ4n) is 2.38. The molecule has 2 N–H and O–H groups in total. The summed E-state index contributed by atoms with van der Waals surface area (Å²) in [6.07, 6.45) is 2.43. The first-order valence-corrected chi connectivity index (χ1v) is 8.79. The summed E-state index contributed by atoms with van der Waals surface area (Å²) in [5.41, 5.74) is 0.927. The van der Waals surface area contributed by atoms with Crippen molar-refractivity contribution in [3.05, 3.63) is 11.4 Å². The molecule has 0 aromatic carbocycles. The normalized spacial score (nSPS) is 20.9. The largest absolute Gasteiger partial charge is 0.373 e. The molecule has 1 unspecified atom stereocenters. The molecule has 1 aromatic rings. The van der Waals surface area contributed by atoms with Crippen molar-refractivity contribution in [3.63, 3.8) is 0 Å². The Morgan fingerprint density at radius 3 is 2.55 bits per heavy atom. The first-order valence-electron chi connectivity index (χ1n) is 6.97. The van der Waals surface area contributed by atoms with Crippen molar-refractivity contribution in [2.45, 2.75) is 39.2 Å². The first kappa shape index (κ1) is 15.0. The third-order valence-electron chi connectivity index (χ3n) is 3.48. The number of anilines is 2. The van der Waals surface area contributed by atoms with Crippen LogP contribution >= 0.6 is 0 Å². The van der Waals surface area contributed by atoms with Crippen molar-refractivity contribution >= 4 is 21.5 Å². The number of aryl methyl sites for hydroxylation is 1. The Hall–Kier alpha value is -1.37. The first-order chi connectivity index (χ1) is 9.45. The number of aromatic nitrogens is 2. The zero-order valence-corrected chi connectivity index (χ0v) is 13.0. The van der Waals surface area contributed by atoms with E-state index in [0.717, 1.165) is 35.9 Å². The molecule has 1 aliphatic rings. The van der Waals surface area contributed by atoms with Crippen LogP contribution in [0, 0.1) is 6.92 Å². The van der Waals surface area contributed by atoms with Crippen LogP contribution in [-0.4, -0.2) is 43.0 Å². The van der Waals surface area contributed by atoms with Gasteiger partial charge in [-0.05, 0) is 19.8 Å². The summed E-state index contributed by atoms with van der Waals surface area (Å²) >= 11 is 0. The van der Waals surface area contributed by atoms with Crippen LogP contribution in [0.2, 0.25) is 0 Å². The molecule has 6 nitrogen and oxygen atoms in total. The molecule has 1 fully saturated rings. The van der Waals surface area contributed by atoms with Gasteiger partial charge in [0.2, 0.25) is 0 Å². The van der Waals surface area contributed by atoms with E-state index in [0.29, 0.717) is 6.42 Å². The second kappa shape index (κ2) is 5.95. The van der Waals surface area contributed by atoms with Crippen LogP contribution in [0.5, 0.6) is 0 Å². The Morgan fingerprint density at radius 1 is 1.30 bits per heavy atom. The number of hydrogen-bond donors (Lipinski definition) is 2. The van der Waals surface area contributed by atoms with E-state index in [9.17, 15) is 8.42 Å². The van der Waals surface area contributed by atoms with Crippen LogP contribution in [0.3, 0.4) is 0 Å². The molecule has 2 heterocycles. The van der Waals surface area contributed by atoms with Gasteiger partial charge in [0.1, 0.15) is 17.5 Å². The van der Waals surface area contributed by atoms with E-state index in [-0.39, 0.29) is 17.5 Å². The van der Waals surface area contributed by atoms with Gasteiger partial charge in [-0.15, -0.1) is 0 Å². The summed E-state index contributed by atoms with van der Waals surface area (Å²) in [4.78, 5) is 8.99. The van der Waals surface area contributed by atoms with Gasteiger partial charge in [-0.25, -0.2) is 18.4 Å². The average molecular weight is 298 g/mol. The topological polar surface area (TPSA) is 84.0 Å². The van der Waals surface area contributed by atoms with Crippen LogP contribution in [0.25, 0.3) is 0 Å². The minimum absolute atomic E-state index is 0.0483. The molecule has 1 saturated heterocycles. The number of sulfone groups is 1. The van der Waals surface area contributed by atoms with E-state index in [1.54, 1.807) is 0 Å². The van der Waals surface area contributed by atoms with E-state index in [2.05, 4.69) is 27.5 Å². The summed E-state index contributed by atoms with van der Waals surface area (Å²) in [6.45, 7) is 4.02. The van der Waals surface area contributed by atoms with Crippen LogP contribution in [0.15, 0.2) is 0 Å². The maximum Gasteiger partial charge on any atom is 0.152 e. The minimum Gasteiger partial charge on any atom is -0.373 e. The lowest BCUT2D eigenvalue weighted by atomic mass is 10.2. The Balaban J connectivity index is 2.24. The van der Waals surface area contributed by atoms with Crippen molar-refractivity contribution in [3.8, 4) is 0 Å². The average Bonchev–Trinajstić information content (AvgIpc) is 2.73. The molecule has 112 valence electrons. The zero-order chi connectivity index (χ0) is 14.8. The summed E-state index contributed by atoms with van der Waals surface area (Å²) in [7, 11) is -1.06. The van der Waals surface area contributed by atoms with Gasteiger partial charge in [-0.2, -0.15) is 0 Å². The van der Waals surface area contributed by atoms with Crippen molar-refractivity contribution in [1.82, 2.24) is 9.97 Å². The van der Waals surface area contributed by atoms with E-state index >= 15 is 0 Å². The summed E-state index contributed by atoms with van der Waals surface area (Å²) < 4.78 is 23.0. The molecular formula is C13H22N4O2S. The fraction of sp³-hybridized carbons (Fsp3) is 0.692. The van der Waals surface area contributed by atoms with Crippen molar-refractivity contribution in [1.29, 1.82) is 0 Å². The van der Waals surface area contributed by atoms with E-state index in [1.807, 2.05) is 14.0 Å². The standard InChI is InChI=1S/C13H22N4O2S/c1-4-5-11-16-12(14-3)9(2)13(17-11)15-10-6-7-20(18,19)8-10/h10H,4-8H2,1-3H3,(H2,14,15,16,17). The predicted octanol–water partition coefficient (Wildman–Crippen LogP) is 1.38. The second-order valence-corrected chi connectivity index (χ2v) is 7.44. The number of hydrogen-bond acceptors (Lipinski definition) is 6. The van der Waals surface area contributed by atoms with E-state index in [4.69, 9.17) is 0 Å². The van der Waals surface area contributed by atoms with E-state index < -0.39 is 9.84 Å². The van der Waals surface area contributed by atoms with Gasteiger partial charge in [0, 0.05) is 25.1 Å². The number of nitrogens with zero attached hydrogens (tertiary/aromatic N) is 2. The van der Waals surface area contributed by atoms with E-state index in [1.165, 1.54) is 0 Å². The fourth-order valence-corrected chi connectivity index (χ4v) is 4.06. The molecule has 0 spiro atoms. The molecule has 0 bridgehead atoms. The van der Waals surface area contributed by atoms with Crippen molar-refractivity contribution < 1.29 is 8.42 Å². The predicted molar refractivity (Wildman–Crippen MR) is 81.0 cm³/mol. The Bertz CT molecular complexity index is 586. The molecule has 1 aromatic heterocycles. The lowest BCUT2D eigenvalue weighted by molar-refractivity contribution is 0.602. The van der Waals surface area contributed by atoms with Gasteiger partial charge in [0.15, 0.2) is 9.84 Å². The molecule has 0 saturated carbocycles. The van der Waals surface area contributed by atoms with Gasteiger partial charge in [0.05, 0.1) is 11.5 Å². The van der Waals surface area contributed by atoms with Gasteiger partial charge in [-0.3, -0.25) is 0 Å². The van der Waals surface area contributed by atoms with Crippen LogP contribution in [0.1, 0.15) is 31.2 Å². The molecule has 0 aliphatic carbocycles. The lowest BCUT2D eigenvalue weighted by Gasteiger charge is -2.16. The molecular weight excluding hydrogens is 276 g/mol.